The van der Waals surface area contributed by atoms with Crippen LogP contribution in [0.15, 0.2) is 39.5 Å². The molecule has 2 aromatic heterocycles. The summed E-state index contributed by atoms with van der Waals surface area (Å²) in [7, 11) is 0. The number of para-hydroxylation sites is 2. The van der Waals surface area contributed by atoms with E-state index in [2.05, 4.69) is 4.98 Å². The molecule has 102 valence electrons. The Morgan fingerprint density at radius 2 is 2.10 bits per heavy atom. The van der Waals surface area contributed by atoms with Crippen LogP contribution in [0.1, 0.15) is 0 Å². The smallest absolute Gasteiger partial charge is 0.301 e. The van der Waals surface area contributed by atoms with E-state index in [0.717, 1.165) is 22.3 Å². The van der Waals surface area contributed by atoms with E-state index in [4.69, 9.17) is 0 Å². The van der Waals surface area contributed by atoms with Gasteiger partial charge in [-0.1, -0.05) is 12.1 Å². The van der Waals surface area contributed by atoms with Gasteiger partial charge in [-0.15, -0.1) is 23.1 Å². The number of fused-ring (bicyclic) bond motifs is 1. The first-order valence-electron chi connectivity index (χ1n) is 5.90. The number of hydrogen-bond donors (Lipinski definition) is 0. The highest BCUT2D eigenvalue weighted by molar-refractivity contribution is 7.98. The Kier molecular flexibility index (Phi) is 3.45. The Hall–Kier alpha value is -1.86. The molecule has 0 saturated heterocycles. The third-order valence-corrected chi connectivity index (χ3v) is 4.57. The lowest BCUT2D eigenvalue weighted by Gasteiger charge is -1.96. The normalized spacial score (nSPS) is 11.1. The van der Waals surface area contributed by atoms with E-state index in [1.807, 2.05) is 35.9 Å². The van der Waals surface area contributed by atoms with Crippen LogP contribution in [0.4, 0.5) is 0 Å². The average molecular weight is 305 g/mol. The summed E-state index contributed by atoms with van der Waals surface area (Å²) in [6, 6.07) is 7.41. The molecule has 5 nitrogen and oxygen atoms in total. The molecule has 7 heteroatoms. The van der Waals surface area contributed by atoms with Gasteiger partial charge in [-0.3, -0.25) is 4.57 Å². The van der Waals surface area contributed by atoms with Crippen LogP contribution in [0.5, 0.6) is 0 Å². The van der Waals surface area contributed by atoms with Crippen molar-refractivity contribution in [2.24, 2.45) is 0 Å². The summed E-state index contributed by atoms with van der Waals surface area (Å²) in [4.78, 5) is 27.7. The number of aldehydes is 1. The molecule has 0 aliphatic rings. The Labute approximate surface area is 122 Å². The average Bonchev–Trinajstić information content (AvgIpc) is 3.03. The first kappa shape index (κ1) is 13.1. The second kappa shape index (κ2) is 5.26. The fourth-order valence-corrected chi connectivity index (χ4v) is 3.55. The summed E-state index contributed by atoms with van der Waals surface area (Å²) < 4.78 is 3.02. The zero-order valence-electron chi connectivity index (χ0n) is 10.6. The molecule has 0 saturated carbocycles. The van der Waals surface area contributed by atoms with Gasteiger partial charge in [0.15, 0.2) is 5.13 Å². The van der Waals surface area contributed by atoms with Crippen molar-refractivity contribution in [3.05, 3.63) is 40.1 Å². The van der Waals surface area contributed by atoms with Crippen molar-refractivity contribution in [1.82, 2.24) is 14.1 Å². The lowest BCUT2D eigenvalue weighted by atomic mass is 10.3. The lowest BCUT2D eigenvalue weighted by molar-refractivity contribution is -0.108. The van der Waals surface area contributed by atoms with Crippen molar-refractivity contribution in [3.8, 4) is 5.13 Å². The van der Waals surface area contributed by atoms with Crippen LogP contribution < -0.4 is 5.69 Å². The summed E-state index contributed by atoms with van der Waals surface area (Å²) in [6.07, 6.45) is 2.67. The van der Waals surface area contributed by atoms with Gasteiger partial charge >= 0.3 is 5.69 Å². The summed E-state index contributed by atoms with van der Waals surface area (Å²) in [6.45, 7) is 0.0487. The number of imidazole rings is 1. The molecular formula is C13H11N3O2S2. The Bertz CT molecular complexity index is 832. The van der Waals surface area contributed by atoms with Crippen LogP contribution in [0.3, 0.4) is 0 Å². The van der Waals surface area contributed by atoms with Gasteiger partial charge in [0.1, 0.15) is 11.3 Å². The van der Waals surface area contributed by atoms with Crippen LogP contribution in [0.2, 0.25) is 0 Å². The number of aromatic nitrogens is 3. The van der Waals surface area contributed by atoms with Crippen LogP contribution in [-0.4, -0.2) is 26.7 Å². The van der Waals surface area contributed by atoms with E-state index >= 15 is 0 Å². The first-order valence-corrected chi connectivity index (χ1v) is 8.00. The van der Waals surface area contributed by atoms with Crippen LogP contribution in [-0.2, 0) is 11.3 Å². The Balaban J connectivity index is 2.32. The van der Waals surface area contributed by atoms with Crippen molar-refractivity contribution >= 4 is 40.4 Å². The van der Waals surface area contributed by atoms with Crippen molar-refractivity contribution in [2.75, 3.05) is 6.26 Å². The number of rotatable bonds is 4. The highest BCUT2D eigenvalue weighted by Crippen LogP contribution is 2.23. The van der Waals surface area contributed by atoms with Crippen molar-refractivity contribution in [2.45, 2.75) is 11.6 Å². The molecule has 0 amide bonds. The summed E-state index contributed by atoms with van der Waals surface area (Å²) in [5, 5.41) is 3.42. The minimum absolute atomic E-state index is 0.0487. The summed E-state index contributed by atoms with van der Waals surface area (Å²) in [5.41, 5.74) is 1.27. The van der Waals surface area contributed by atoms with Gasteiger partial charge in [0.05, 0.1) is 17.6 Å². The fourth-order valence-electron chi connectivity index (χ4n) is 2.09. The molecule has 20 heavy (non-hydrogen) atoms. The number of thioether (sulfide) groups is 1. The van der Waals surface area contributed by atoms with Gasteiger partial charge in [0, 0.05) is 5.38 Å². The number of hydrogen-bond acceptors (Lipinski definition) is 5. The molecule has 3 aromatic rings. The predicted octanol–water partition coefficient (Wildman–Crippen LogP) is 2.17. The fraction of sp³-hybridized carbons (Fsp3) is 0.154. The van der Waals surface area contributed by atoms with Crippen molar-refractivity contribution in [3.63, 3.8) is 0 Å². The first-order chi connectivity index (χ1) is 9.76. The maximum Gasteiger partial charge on any atom is 0.335 e. The summed E-state index contributed by atoms with van der Waals surface area (Å²) >= 11 is 2.95. The third-order valence-electron chi connectivity index (χ3n) is 2.96. The van der Waals surface area contributed by atoms with Crippen LogP contribution in [0.25, 0.3) is 16.2 Å². The zero-order valence-corrected chi connectivity index (χ0v) is 12.3. The largest absolute Gasteiger partial charge is 0.335 e. The van der Waals surface area contributed by atoms with Gasteiger partial charge in [0.25, 0.3) is 0 Å². The van der Waals surface area contributed by atoms with E-state index in [9.17, 15) is 9.59 Å². The van der Waals surface area contributed by atoms with E-state index in [1.54, 1.807) is 4.57 Å². The maximum atomic E-state index is 12.5. The van der Waals surface area contributed by atoms with Gasteiger partial charge in [-0.25, -0.2) is 14.3 Å². The number of thiazole rings is 1. The lowest BCUT2D eigenvalue weighted by Crippen LogP contribution is -2.23. The molecule has 0 atom stereocenters. The quantitative estimate of drug-likeness (QED) is 0.547. The number of carbonyl (C=O) groups is 1. The minimum atomic E-state index is -0.236. The van der Waals surface area contributed by atoms with E-state index in [0.29, 0.717) is 5.13 Å². The van der Waals surface area contributed by atoms with Crippen molar-refractivity contribution < 1.29 is 4.79 Å². The highest BCUT2D eigenvalue weighted by Gasteiger charge is 2.16. The second-order valence-corrected chi connectivity index (χ2v) is 5.72. The predicted molar refractivity (Wildman–Crippen MR) is 81.1 cm³/mol. The number of nitrogens with zero attached hydrogens (tertiary/aromatic N) is 3. The van der Waals surface area contributed by atoms with Crippen molar-refractivity contribution in [1.29, 1.82) is 0 Å². The molecule has 0 unspecified atom stereocenters. The monoisotopic (exact) mass is 305 g/mol. The van der Waals surface area contributed by atoms with Gasteiger partial charge in [-0.05, 0) is 18.4 Å². The zero-order chi connectivity index (χ0) is 14.1. The SMILES string of the molecule is CSc1csc(-n2c(=O)n(CC=O)c3ccccc32)n1. The molecule has 0 N–H and O–H groups in total. The molecule has 0 spiro atoms. The molecule has 3 rings (SSSR count). The number of carbonyl (C=O) groups excluding carboxylic acids is 1. The molecular weight excluding hydrogens is 294 g/mol. The van der Waals surface area contributed by atoms with Gasteiger partial charge in [0.2, 0.25) is 0 Å². The molecule has 0 aliphatic heterocycles. The molecule has 0 radical (unpaired) electrons. The van der Waals surface area contributed by atoms with E-state index < -0.39 is 0 Å². The van der Waals surface area contributed by atoms with Crippen LogP contribution in [0, 0.1) is 0 Å². The minimum Gasteiger partial charge on any atom is -0.301 e. The van der Waals surface area contributed by atoms with Gasteiger partial charge in [-0.2, -0.15) is 0 Å². The topological polar surface area (TPSA) is 56.9 Å². The Morgan fingerprint density at radius 1 is 1.35 bits per heavy atom. The molecule has 2 heterocycles. The van der Waals surface area contributed by atoms with Gasteiger partial charge < -0.3 is 4.79 Å². The molecule has 0 bridgehead atoms. The number of benzene rings is 1. The standard InChI is InChI=1S/C13H11N3O2S2/c1-19-11-8-20-12(14-11)16-10-5-3-2-4-9(10)15(6-7-17)13(16)18/h2-5,7-8H,6H2,1H3. The summed E-state index contributed by atoms with van der Waals surface area (Å²) in [5.74, 6) is 0. The third kappa shape index (κ3) is 1.99. The second-order valence-electron chi connectivity index (χ2n) is 4.06. The van der Waals surface area contributed by atoms with Crippen LogP contribution >= 0.6 is 23.1 Å². The molecule has 1 aromatic carbocycles. The van der Waals surface area contributed by atoms with E-state index in [-0.39, 0.29) is 12.2 Å². The van der Waals surface area contributed by atoms with E-state index in [1.165, 1.54) is 27.7 Å². The molecule has 0 aliphatic carbocycles. The Morgan fingerprint density at radius 3 is 2.75 bits per heavy atom. The molecule has 0 fully saturated rings. The maximum absolute atomic E-state index is 12.5. The highest BCUT2D eigenvalue weighted by atomic mass is 32.2.